The summed E-state index contributed by atoms with van der Waals surface area (Å²) < 4.78 is 0. The first-order valence-corrected chi connectivity index (χ1v) is 5.21. The molecular formula is C12H10N5Pd-. The molecule has 0 saturated heterocycles. The molecule has 0 spiro atoms. The second-order valence-corrected chi connectivity index (χ2v) is 3.86. The van der Waals surface area contributed by atoms with Crippen LogP contribution in [0.2, 0.25) is 0 Å². The molecule has 0 radical (unpaired) electrons. The predicted molar refractivity (Wildman–Crippen MR) is 65.2 cm³/mol. The van der Waals surface area contributed by atoms with E-state index in [1.54, 1.807) is 18.5 Å². The zero-order chi connectivity index (χ0) is 11.8. The van der Waals surface area contributed by atoms with Gasteiger partial charge in [0.25, 0.3) is 0 Å². The first kappa shape index (κ1) is 12.7. The summed E-state index contributed by atoms with van der Waals surface area (Å²) in [5.74, 6) is 0.454. The van der Waals surface area contributed by atoms with Crippen molar-refractivity contribution in [3.05, 3.63) is 36.3 Å². The molecule has 5 nitrogen and oxygen atoms in total. The van der Waals surface area contributed by atoms with E-state index in [9.17, 15) is 0 Å². The van der Waals surface area contributed by atoms with Crippen molar-refractivity contribution in [2.75, 3.05) is 5.73 Å². The molecule has 0 unspecified atom stereocenters. The fraction of sp³-hybridized carbons (Fsp3) is 0.0833. The Hall–Kier alpha value is -1.77. The molecule has 94 valence electrons. The van der Waals surface area contributed by atoms with E-state index in [1.165, 1.54) is 0 Å². The number of nitrogens with zero attached hydrogens (tertiary/aromatic N) is 4. The van der Waals surface area contributed by atoms with E-state index in [1.807, 2.05) is 19.1 Å². The molecule has 3 aromatic heterocycles. The van der Waals surface area contributed by atoms with Gasteiger partial charge in [-0.05, 0) is 25.1 Å². The van der Waals surface area contributed by atoms with Gasteiger partial charge in [0.1, 0.15) is 5.82 Å². The summed E-state index contributed by atoms with van der Waals surface area (Å²) in [5.41, 5.74) is 9.13. The molecular weight excluding hydrogens is 321 g/mol. The quantitative estimate of drug-likeness (QED) is 0.685. The summed E-state index contributed by atoms with van der Waals surface area (Å²) in [7, 11) is 0. The molecule has 2 N–H and O–H groups in total. The van der Waals surface area contributed by atoms with E-state index in [0.717, 1.165) is 27.9 Å². The molecule has 3 rings (SSSR count). The van der Waals surface area contributed by atoms with Crippen molar-refractivity contribution in [2.45, 2.75) is 6.92 Å². The van der Waals surface area contributed by atoms with E-state index < -0.39 is 0 Å². The minimum absolute atomic E-state index is 0. The van der Waals surface area contributed by atoms with Crippen molar-refractivity contribution >= 4 is 16.7 Å². The van der Waals surface area contributed by atoms with Crippen molar-refractivity contribution < 1.29 is 20.4 Å². The van der Waals surface area contributed by atoms with E-state index in [4.69, 9.17) is 5.73 Å². The van der Waals surface area contributed by atoms with Gasteiger partial charge in [0, 0.05) is 49.5 Å². The third-order valence-corrected chi connectivity index (χ3v) is 2.59. The number of rotatable bonds is 1. The second-order valence-electron chi connectivity index (χ2n) is 3.86. The first-order valence-electron chi connectivity index (χ1n) is 5.21. The van der Waals surface area contributed by atoms with Gasteiger partial charge in [-0.3, -0.25) is 4.98 Å². The SMILES string of the molecule is Cc1cc(-c2n[n-]c3cc(N)ncc23)ccn1.[Pd]. The number of hydrogen-bond acceptors (Lipinski definition) is 4. The molecule has 0 amide bonds. The molecule has 0 aliphatic carbocycles. The summed E-state index contributed by atoms with van der Waals surface area (Å²) in [4.78, 5) is 8.23. The average Bonchev–Trinajstić information content (AvgIpc) is 2.71. The largest absolute Gasteiger partial charge is 0.574 e. The van der Waals surface area contributed by atoms with Crippen LogP contribution in [0.4, 0.5) is 5.82 Å². The Morgan fingerprint density at radius 2 is 2.06 bits per heavy atom. The van der Waals surface area contributed by atoms with Gasteiger partial charge in [-0.1, -0.05) is 0 Å². The van der Waals surface area contributed by atoms with Crippen molar-refractivity contribution in [1.29, 1.82) is 0 Å². The van der Waals surface area contributed by atoms with Gasteiger partial charge in [0.2, 0.25) is 0 Å². The molecule has 0 fully saturated rings. The van der Waals surface area contributed by atoms with Crippen LogP contribution in [0.25, 0.3) is 22.2 Å². The summed E-state index contributed by atoms with van der Waals surface area (Å²) in [5, 5.41) is 9.18. The molecule has 0 aromatic carbocycles. The smallest absolute Gasteiger partial charge is 0.122 e. The summed E-state index contributed by atoms with van der Waals surface area (Å²) >= 11 is 0. The van der Waals surface area contributed by atoms with E-state index in [-0.39, 0.29) is 20.4 Å². The van der Waals surface area contributed by atoms with E-state index >= 15 is 0 Å². The molecule has 6 heteroatoms. The summed E-state index contributed by atoms with van der Waals surface area (Å²) in [6.07, 6.45) is 3.46. The van der Waals surface area contributed by atoms with Crippen LogP contribution in [0, 0.1) is 6.92 Å². The number of anilines is 1. The van der Waals surface area contributed by atoms with Crippen LogP contribution in [0.3, 0.4) is 0 Å². The number of aryl methyl sites for hydroxylation is 1. The maximum atomic E-state index is 5.61. The van der Waals surface area contributed by atoms with Crippen molar-refractivity contribution in [3.8, 4) is 11.3 Å². The zero-order valence-corrected chi connectivity index (χ0v) is 11.1. The third kappa shape index (κ3) is 2.13. The van der Waals surface area contributed by atoms with Gasteiger partial charge in [0.05, 0.1) is 5.69 Å². The Morgan fingerprint density at radius 1 is 1.22 bits per heavy atom. The molecule has 18 heavy (non-hydrogen) atoms. The molecule has 3 aromatic rings. The van der Waals surface area contributed by atoms with Crippen LogP contribution in [0.5, 0.6) is 0 Å². The topological polar surface area (TPSA) is 78.8 Å². The zero-order valence-electron chi connectivity index (χ0n) is 9.57. The Morgan fingerprint density at radius 3 is 2.83 bits per heavy atom. The Kier molecular flexibility index (Phi) is 3.41. The van der Waals surface area contributed by atoms with Gasteiger partial charge in [-0.15, -0.1) is 5.52 Å². The first-order chi connectivity index (χ1) is 8.24. The molecule has 0 atom stereocenters. The predicted octanol–water partition coefficient (Wildman–Crippen LogP) is 1.54. The van der Waals surface area contributed by atoms with Gasteiger partial charge < -0.3 is 15.9 Å². The Balaban J connectivity index is 0.00000120. The molecule has 0 aliphatic heterocycles. The monoisotopic (exact) mass is 330 g/mol. The van der Waals surface area contributed by atoms with E-state index in [0.29, 0.717) is 5.82 Å². The van der Waals surface area contributed by atoms with Crippen LogP contribution in [-0.4, -0.2) is 15.1 Å². The number of aromatic nitrogens is 4. The molecule has 0 aliphatic rings. The van der Waals surface area contributed by atoms with Gasteiger partial charge in [-0.25, -0.2) is 4.98 Å². The standard InChI is InChI=1S/C12H10N5.Pd/c1-7-4-8(2-3-14-7)12-9-6-15-11(13)5-10(9)16-17-12;/h2-6H,1H3,(H2-,13,15,16,17);/q-1;. The molecule has 0 bridgehead atoms. The van der Waals surface area contributed by atoms with Crippen LogP contribution in [0.1, 0.15) is 5.69 Å². The normalized spacial score (nSPS) is 10.3. The minimum atomic E-state index is 0. The van der Waals surface area contributed by atoms with Crippen molar-refractivity contribution in [2.24, 2.45) is 0 Å². The van der Waals surface area contributed by atoms with Crippen LogP contribution in [0.15, 0.2) is 30.6 Å². The number of nitrogens with two attached hydrogens (primary N) is 1. The maximum Gasteiger partial charge on any atom is 0.122 e. The van der Waals surface area contributed by atoms with Crippen LogP contribution < -0.4 is 10.8 Å². The van der Waals surface area contributed by atoms with Gasteiger partial charge >= 0.3 is 0 Å². The molecule has 3 heterocycles. The van der Waals surface area contributed by atoms with Gasteiger partial charge in [-0.2, -0.15) is 0 Å². The van der Waals surface area contributed by atoms with E-state index in [2.05, 4.69) is 20.2 Å². The summed E-state index contributed by atoms with van der Waals surface area (Å²) in [6.45, 7) is 1.94. The van der Waals surface area contributed by atoms with Crippen LogP contribution in [-0.2, 0) is 20.4 Å². The number of nitrogen functional groups attached to an aromatic ring is 1. The maximum absolute atomic E-state index is 5.61. The summed E-state index contributed by atoms with van der Waals surface area (Å²) in [6, 6.07) is 5.60. The number of fused-ring (bicyclic) bond motifs is 1. The minimum Gasteiger partial charge on any atom is -0.574 e. The fourth-order valence-electron chi connectivity index (χ4n) is 1.79. The van der Waals surface area contributed by atoms with Crippen LogP contribution >= 0.6 is 0 Å². The second kappa shape index (κ2) is 4.85. The Bertz CT molecular complexity index is 692. The van der Waals surface area contributed by atoms with Crippen molar-refractivity contribution in [1.82, 2.24) is 20.2 Å². The number of pyridine rings is 2. The number of hydrogen-bond donors (Lipinski definition) is 1. The Labute approximate surface area is 117 Å². The third-order valence-electron chi connectivity index (χ3n) is 2.59. The fourth-order valence-corrected chi connectivity index (χ4v) is 1.79. The van der Waals surface area contributed by atoms with Crippen molar-refractivity contribution in [3.63, 3.8) is 0 Å². The van der Waals surface area contributed by atoms with Gasteiger partial charge in [0.15, 0.2) is 0 Å². The average molecular weight is 331 g/mol. The molecule has 0 saturated carbocycles.